The fraction of sp³-hybridized carbons (Fsp3) is 0.278. The van der Waals surface area contributed by atoms with Crippen LogP contribution in [0.1, 0.15) is 22.9 Å². The molecule has 1 unspecified atom stereocenters. The average molecular weight is 352 g/mol. The first kappa shape index (κ1) is 18.8. The van der Waals surface area contributed by atoms with Gasteiger partial charge in [0, 0.05) is 12.6 Å². The van der Waals surface area contributed by atoms with Crippen molar-refractivity contribution in [3.05, 3.63) is 65.6 Å². The Bertz CT molecular complexity index is 705. The summed E-state index contributed by atoms with van der Waals surface area (Å²) in [5.74, 6) is 0.398. The Hall–Kier alpha value is -2.54. The standard InChI is InChI=1S/C18H19F3N2O2/c1-23(2)15(16-4-3-11-25-16)12-22-17(24)10-7-13-5-8-14(9-6-13)18(19,20)21/h3-11,15H,12H2,1-2H3,(H,22,24)/b10-7+. The molecule has 1 N–H and O–H groups in total. The molecule has 0 spiro atoms. The van der Waals surface area contributed by atoms with Gasteiger partial charge in [-0.25, -0.2) is 0 Å². The van der Waals surface area contributed by atoms with E-state index in [0.29, 0.717) is 12.1 Å². The van der Waals surface area contributed by atoms with Gasteiger partial charge in [0.15, 0.2) is 0 Å². The number of likely N-dealkylation sites (N-methyl/N-ethyl adjacent to an activating group) is 1. The Morgan fingerprint density at radius 2 is 1.92 bits per heavy atom. The molecule has 0 aliphatic heterocycles. The third-order valence-electron chi connectivity index (χ3n) is 3.63. The molecule has 0 saturated heterocycles. The smallest absolute Gasteiger partial charge is 0.416 e. The van der Waals surface area contributed by atoms with Crippen molar-refractivity contribution in [3.63, 3.8) is 0 Å². The molecular weight excluding hydrogens is 333 g/mol. The molecule has 2 aromatic rings. The topological polar surface area (TPSA) is 45.5 Å². The predicted octanol–water partition coefficient (Wildman–Crippen LogP) is 3.73. The number of alkyl halides is 3. The molecule has 1 amide bonds. The van der Waals surface area contributed by atoms with Crippen LogP contribution in [-0.4, -0.2) is 31.4 Å². The quantitative estimate of drug-likeness (QED) is 0.806. The number of carbonyl (C=O) groups excluding carboxylic acids is 1. The average Bonchev–Trinajstić information content (AvgIpc) is 3.06. The van der Waals surface area contributed by atoms with Crippen LogP contribution in [-0.2, 0) is 11.0 Å². The summed E-state index contributed by atoms with van der Waals surface area (Å²) in [5.41, 5.74) is -0.209. The number of halogens is 3. The lowest BCUT2D eigenvalue weighted by Crippen LogP contribution is -2.33. The highest BCUT2D eigenvalue weighted by atomic mass is 19.4. The summed E-state index contributed by atoms with van der Waals surface area (Å²) in [4.78, 5) is 13.8. The van der Waals surface area contributed by atoms with E-state index < -0.39 is 11.7 Å². The summed E-state index contributed by atoms with van der Waals surface area (Å²) in [6.07, 6.45) is -0.0463. The molecule has 1 aromatic heterocycles. The molecule has 0 aliphatic rings. The molecule has 1 heterocycles. The maximum absolute atomic E-state index is 12.5. The van der Waals surface area contributed by atoms with Gasteiger partial charge < -0.3 is 9.73 Å². The summed E-state index contributed by atoms with van der Waals surface area (Å²) < 4.78 is 42.8. The maximum atomic E-state index is 12.5. The number of carbonyl (C=O) groups is 1. The SMILES string of the molecule is CN(C)C(CNC(=O)/C=C/c1ccc(C(F)(F)F)cc1)c1ccco1. The molecule has 0 radical (unpaired) electrons. The van der Waals surface area contributed by atoms with E-state index in [-0.39, 0.29) is 11.9 Å². The summed E-state index contributed by atoms with van der Waals surface area (Å²) in [6.45, 7) is 0.344. The fourth-order valence-corrected chi connectivity index (χ4v) is 2.23. The van der Waals surface area contributed by atoms with Gasteiger partial charge in [0.2, 0.25) is 5.91 Å². The van der Waals surface area contributed by atoms with E-state index in [1.165, 1.54) is 24.3 Å². The Morgan fingerprint density at radius 1 is 1.24 bits per heavy atom. The van der Waals surface area contributed by atoms with Gasteiger partial charge in [0.1, 0.15) is 5.76 Å². The van der Waals surface area contributed by atoms with E-state index >= 15 is 0 Å². The van der Waals surface area contributed by atoms with Crippen molar-refractivity contribution in [1.29, 1.82) is 0 Å². The molecule has 7 heteroatoms. The minimum atomic E-state index is -4.37. The first-order chi connectivity index (χ1) is 11.8. The van der Waals surface area contributed by atoms with Crippen molar-refractivity contribution >= 4 is 12.0 Å². The van der Waals surface area contributed by atoms with Crippen molar-refractivity contribution in [2.24, 2.45) is 0 Å². The normalized spacial score (nSPS) is 13.4. The molecule has 4 nitrogen and oxygen atoms in total. The predicted molar refractivity (Wildman–Crippen MR) is 88.6 cm³/mol. The molecule has 25 heavy (non-hydrogen) atoms. The number of hydrogen-bond donors (Lipinski definition) is 1. The van der Waals surface area contributed by atoms with Gasteiger partial charge in [0.05, 0.1) is 17.9 Å². The van der Waals surface area contributed by atoms with E-state index in [0.717, 1.165) is 17.9 Å². The minimum absolute atomic E-state index is 0.113. The maximum Gasteiger partial charge on any atom is 0.416 e. The van der Waals surface area contributed by atoms with Crippen molar-refractivity contribution in [1.82, 2.24) is 10.2 Å². The third-order valence-corrected chi connectivity index (χ3v) is 3.63. The van der Waals surface area contributed by atoms with Crippen molar-refractivity contribution in [2.45, 2.75) is 12.2 Å². The number of benzene rings is 1. The van der Waals surface area contributed by atoms with Gasteiger partial charge in [-0.15, -0.1) is 0 Å². The van der Waals surface area contributed by atoms with Gasteiger partial charge in [-0.2, -0.15) is 13.2 Å². The monoisotopic (exact) mass is 352 g/mol. The second-order valence-electron chi connectivity index (χ2n) is 5.69. The second-order valence-corrected chi connectivity index (χ2v) is 5.69. The molecule has 0 fully saturated rings. The van der Waals surface area contributed by atoms with Crippen LogP contribution < -0.4 is 5.32 Å². The zero-order valence-corrected chi connectivity index (χ0v) is 13.9. The Morgan fingerprint density at radius 3 is 2.44 bits per heavy atom. The minimum Gasteiger partial charge on any atom is -0.468 e. The molecule has 134 valence electrons. The van der Waals surface area contributed by atoms with Crippen LogP contribution in [0.2, 0.25) is 0 Å². The van der Waals surface area contributed by atoms with Gasteiger partial charge >= 0.3 is 6.18 Å². The van der Waals surface area contributed by atoms with E-state index in [2.05, 4.69) is 5.32 Å². The lowest BCUT2D eigenvalue weighted by atomic mass is 10.1. The van der Waals surface area contributed by atoms with Crippen LogP contribution in [0.15, 0.2) is 53.2 Å². The fourth-order valence-electron chi connectivity index (χ4n) is 2.23. The highest BCUT2D eigenvalue weighted by molar-refractivity contribution is 5.91. The van der Waals surface area contributed by atoms with E-state index in [9.17, 15) is 18.0 Å². The summed E-state index contributed by atoms with van der Waals surface area (Å²) in [5, 5.41) is 2.75. The molecular formula is C18H19F3N2O2. The summed E-state index contributed by atoms with van der Waals surface area (Å²) in [7, 11) is 3.74. The number of hydrogen-bond acceptors (Lipinski definition) is 3. The third kappa shape index (κ3) is 5.49. The highest BCUT2D eigenvalue weighted by Gasteiger charge is 2.29. The zero-order valence-electron chi connectivity index (χ0n) is 13.9. The van der Waals surface area contributed by atoms with Gasteiger partial charge in [-0.05, 0) is 50.0 Å². The Kier molecular flexibility index (Phi) is 6.03. The second kappa shape index (κ2) is 8.02. The van der Waals surface area contributed by atoms with Crippen LogP contribution in [0.25, 0.3) is 6.08 Å². The number of nitrogens with one attached hydrogen (secondary N) is 1. The van der Waals surface area contributed by atoms with E-state index in [4.69, 9.17) is 4.42 Å². The van der Waals surface area contributed by atoms with Crippen molar-refractivity contribution in [3.8, 4) is 0 Å². The van der Waals surface area contributed by atoms with Crippen molar-refractivity contribution in [2.75, 3.05) is 20.6 Å². The highest BCUT2D eigenvalue weighted by Crippen LogP contribution is 2.29. The first-order valence-electron chi connectivity index (χ1n) is 7.60. The molecule has 0 bridgehead atoms. The first-order valence-corrected chi connectivity index (χ1v) is 7.60. The zero-order chi connectivity index (χ0) is 18.4. The number of furan rings is 1. The van der Waals surface area contributed by atoms with Crippen LogP contribution >= 0.6 is 0 Å². The van der Waals surface area contributed by atoms with Crippen LogP contribution in [0.5, 0.6) is 0 Å². The Labute approximate surface area is 143 Å². The Balaban J connectivity index is 1.92. The number of rotatable bonds is 6. The number of amides is 1. The lowest BCUT2D eigenvalue weighted by Gasteiger charge is -2.22. The van der Waals surface area contributed by atoms with E-state index in [1.54, 1.807) is 12.3 Å². The molecule has 1 aromatic carbocycles. The molecule has 0 saturated carbocycles. The molecule has 2 rings (SSSR count). The van der Waals surface area contributed by atoms with Crippen molar-refractivity contribution < 1.29 is 22.4 Å². The van der Waals surface area contributed by atoms with Crippen LogP contribution in [0.3, 0.4) is 0 Å². The van der Waals surface area contributed by atoms with Crippen LogP contribution in [0.4, 0.5) is 13.2 Å². The molecule has 1 atom stereocenters. The molecule has 0 aliphatic carbocycles. The van der Waals surface area contributed by atoms with E-state index in [1.807, 2.05) is 25.1 Å². The lowest BCUT2D eigenvalue weighted by molar-refractivity contribution is -0.137. The van der Waals surface area contributed by atoms with Crippen LogP contribution in [0, 0.1) is 0 Å². The largest absolute Gasteiger partial charge is 0.468 e. The van der Waals surface area contributed by atoms with Gasteiger partial charge in [0.25, 0.3) is 0 Å². The summed E-state index contributed by atoms with van der Waals surface area (Å²) in [6, 6.07) is 8.09. The summed E-state index contributed by atoms with van der Waals surface area (Å²) >= 11 is 0. The van der Waals surface area contributed by atoms with Gasteiger partial charge in [-0.1, -0.05) is 12.1 Å². The number of nitrogens with zero attached hydrogens (tertiary/aromatic N) is 1. The van der Waals surface area contributed by atoms with Gasteiger partial charge in [-0.3, -0.25) is 9.69 Å².